The number of carbonyl (C=O) groups excluding carboxylic acids is 2. The van der Waals surface area contributed by atoms with Crippen molar-refractivity contribution < 1.29 is 14.0 Å². The molecule has 4 aromatic rings. The van der Waals surface area contributed by atoms with Crippen molar-refractivity contribution >= 4 is 45.8 Å². The molecule has 35 heavy (non-hydrogen) atoms. The Labute approximate surface area is 205 Å². The monoisotopic (exact) mass is 492 g/mol. The van der Waals surface area contributed by atoms with Crippen LogP contribution in [0.1, 0.15) is 13.8 Å². The molecule has 0 saturated carbocycles. The van der Waals surface area contributed by atoms with Gasteiger partial charge in [-0.3, -0.25) is 19.0 Å². The highest BCUT2D eigenvalue weighted by Crippen LogP contribution is 2.26. The van der Waals surface area contributed by atoms with Gasteiger partial charge in [0.25, 0.3) is 5.56 Å². The third kappa shape index (κ3) is 5.22. The first kappa shape index (κ1) is 24.1. The largest absolute Gasteiger partial charge is 0.325 e. The molecule has 0 radical (unpaired) electrons. The predicted molar refractivity (Wildman–Crippen MR) is 135 cm³/mol. The van der Waals surface area contributed by atoms with Gasteiger partial charge < -0.3 is 10.6 Å². The van der Waals surface area contributed by atoms with E-state index >= 15 is 0 Å². The second kappa shape index (κ2) is 10.1. The van der Waals surface area contributed by atoms with E-state index in [1.807, 2.05) is 0 Å². The van der Waals surface area contributed by atoms with Gasteiger partial charge in [0.05, 0.1) is 21.7 Å². The number of anilines is 2. The molecule has 0 fully saturated rings. The van der Waals surface area contributed by atoms with Crippen molar-refractivity contribution in [1.82, 2.24) is 9.55 Å². The van der Waals surface area contributed by atoms with E-state index in [2.05, 4.69) is 15.6 Å². The third-order valence-corrected chi connectivity index (χ3v) is 5.61. The second-order valence-electron chi connectivity index (χ2n) is 8.21. The number of halogens is 2. The summed E-state index contributed by atoms with van der Waals surface area (Å²) in [4.78, 5) is 43.3. The van der Waals surface area contributed by atoms with E-state index in [1.165, 1.54) is 16.7 Å². The molecule has 7 nitrogen and oxygen atoms in total. The zero-order chi connectivity index (χ0) is 25.1. The number of para-hydroxylation sites is 3. The van der Waals surface area contributed by atoms with Crippen molar-refractivity contribution in [3.63, 3.8) is 0 Å². The lowest BCUT2D eigenvalue weighted by atomic mass is 10.1. The van der Waals surface area contributed by atoms with Gasteiger partial charge >= 0.3 is 0 Å². The highest BCUT2D eigenvalue weighted by Gasteiger charge is 2.19. The summed E-state index contributed by atoms with van der Waals surface area (Å²) < 4.78 is 14.8. The maximum atomic E-state index is 13.6. The third-order valence-electron chi connectivity index (χ3n) is 5.32. The van der Waals surface area contributed by atoms with E-state index < -0.39 is 17.3 Å². The first-order valence-corrected chi connectivity index (χ1v) is 11.3. The number of rotatable bonds is 6. The number of hydrogen-bond acceptors (Lipinski definition) is 4. The van der Waals surface area contributed by atoms with E-state index in [9.17, 15) is 18.8 Å². The minimum atomic E-state index is -0.603. The van der Waals surface area contributed by atoms with Crippen LogP contribution in [0.4, 0.5) is 15.8 Å². The number of nitrogens with one attached hydrogen (secondary N) is 2. The summed E-state index contributed by atoms with van der Waals surface area (Å²) >= 11 is 5.80. The summed E-state index contributed by atoms with van der Waals surface area (Å²) in [5, 5.41) is 5.34. The Hall–Kier alpha value is -4.04. The maximum Gasteiger partial charge on any atom is 0.278 e. The van der Waals surface area contributed by atoms with Gasteiger partial charge in [-0.05, 0) is 36.4 Å². The van der Waals surface area contributed by atoms with Gasteiger partial charge in [-0.25, -0.2) is 9.37 Å². The lowest BCUT2D eigenvalue weighted by Crippen LogP contribution is -2.30. The van der Waals surface area contributed by atoms with Crippen LogP contribution in [0.15, 0.2) is 71.5 Å². The molecule has 0 aliphatic heterocycles. The number of carbonyl (C=O) groups is 2. The molecule has 2 N–H and O–H groups in total. The van der Waals surface area contributed by atoms with Crippen LogP contribution in [-0.2, 0) is 16.1 Å². The molecule has 0 saturated heterocycles. The first-order valence-electron chi connectivity index (χ1n) is 10.9. The zero-order valence-corrected chi connectivity index (χ0v) is 19.8. The lowest BCUT2D eigenvalue weighted by molar-refractivity contribution is -0.119. The molecule has 0 aliphatic carbocycles. The predicted octanol–water partition coefficient (Wildman–Crippen LogP) is 5.09. The number of aromatic nitrogens is 2. The van der Waals surface area contributed by atoms with Gasteiger partial charge in [-0.15, -0.1) is 0 Å². The van der Waals surface area contributed by atoms with E-state index in [0.717, 1.165) is 6.07 Å². The van der Waals surface area contributed by atoms with Gasteiger partial charge in [-0.1, -0.05) is 55.8 Å². The second-order valence-corrected chi connectivity index (χ2v) is 8.61. The Morgan fingerprint density at radius 2 is 1.74 bits per heavy atom. The van der Waals surface area contributed by atoms with Crippen LogP contribution in [0, 0.1) is 11.7 Å². The molecule has 1 heterocycles. The standard InChI is InChI=1S/C26H22ClFN4O3/c1-15(2)25(34)31-20-8-4-3-7-17(20)24-26(35)32(22-10-6-5-9-21(22)30-24)14-23(33)29-16-11-12-19(28)18(27)13-16/h3-13,15H,14H2,1-2H3,(H,29,33)(H,31,34). The number of benzene rings is 3. The van der Waals surface area contributed by atoms with Gasteiger partial charge in [-0.2, -0.15) is 0 Å². The molecule has 0 unspecified atom stereocenters. The van der Waals surface area contributed by atoms with E-state index in [-0.39, 0.29) is 29.1 Å². The number of fused-ring (bicyclic) bond motifs is 1. The van der Waals surface area contributed by atoms with Crippen LogP contribution >= 0.6 is 11.6 Å². The molecule has 0 bridgehead atoms. The molecule has 1 aromatic heterocycles. The molecule has 9 heteroatoms. The highest BCUT2D eigenvalue weighted by atomic mass is 35.5. The fourth-order valence-corrected chi connectivity index (χ4v) is 3.70. The van der Waals surface area contributed by atoms with Crippen LogP contribution in [0.25, 0.3) is 22.3 Å². The Bertz CT molecular complexity index is 1500. The normalized spacial score (nSPS) is 11.0. The Morgan fingerprint density at radius 1 is 1.03 bits per heavy atom. The minimum absolute atomic E-state index is 0.0981. The molecule has 0 atom stereocenters. The van der Waals surface area contributed by atoms with Crippen molar-refractivity contribution in [2.24, 2.45) is 5.92 Å². The number of hydrogen-bond donors (Lipinski definition) is 2. The molecule has 178 valence electrons. The molecule has 2 amide bonds. The Balaban J connectivity index is 1.77. The quantitative estimate of drug-likeness (QED) is 0.392. The average molecular weight is 493 g/mol. The van der Waals surface area contributed by atoms with Gasteiger partial charge in [0.1, 0.15) is 18.1 Å². The van der Waals surface area contributed by atoms with Crippen molar-refractivity contribution in [3.05, 3.63) is 87.9 Å². The van der Waals surface area contributed by atoms with E-state index in [0.29, 0.717) is 28.0 Å². The summed E-state index contributed by atoms with van der Waals surface area (Å²) in [5.74, 6) is -1.56. The topological polar surface area (TPSA) is 93.1 Å². The van der Waals surface area contributed by atoms with Crippen LogP contribution < -0.4 is 16.2 Å². The molecular formula is C26H22ClFN4O3. The molecular weight excluding hydrogens is 471 g/mol. The fraction of sp³-hybridized carbons (Fsp3) is 0.154. The van der Waals surface area contributed by atoms with Crippen molar-refractivity contribution in [2.45, 2.75) is 20.4 Å². The lowest BCUT2D eigenvalue weighted by Gasteiger charge is -2.15. The molecule has 3 aromatic carbocycles. The summed E-state index contributed by atoms with van der Waals surface area (Å²) in [6.07, 6.45) is 0. The van der Waals surface area contributed by atoms with Crippen LogP contribution in [0.2, 0.25) is 5.02 Å². The summed E-state index contributed by atoms with van der Waals surface area (Å²) in [6, 6.07) is 17.7. The summed E-state index contributed by atoms with van der Waals surface area (Å²) in [5.41, 5.74) is 1.76. The van der Waals surface area contributed by atoms with Crippen molar-refractivity contribution in [3.8, 4) is 11.3 Å². The van der Waals surface area contributed by atoms with Gasteiger partial charge in [0.15, 0.2) is 0 Å². The van der Waals surface area contributed by atoms with Gasteiger partial charge in [0.2, 0.25) is 11.8 Å². The number of nitrogens with zero attached hydrogens (tertiary/aromatic N) is 2. The van der Waals surface area contributed by atoms with Crippen LogP contribution in [-0.4, -0.2) is 21.4 Å². The van der Waals surface area contributed by atoms with Crippen molar-refractivity contribution in [2.75, 3.05) is 10.6 Å². The summed E-state index contributed by atoms with van der Waals surface area (Å²) in [6.45, 7) is 3.22. The zero-order valence-electron chi connectivity index (χ0n) is 19.0. The SMILES string of the molecule is CC(C)C(=O)Nc1ccccc1-c1nc2ccccc2n(CC(=O)Nc2ccc(F)c(Cl)c2)c1=O. The Kier molecular flexibility index (Phi) is 6.93. The molecule has 0 spiro atoms. The van der Waals surface area contributed by atoms with E-state index in [4.69, 9.17) is 11.6 Å². The maximum absolute atomic E-state index is 13.6. The molecule has 0 aliphatic rings. The molecule has 4 rings (SSSR count). The summed E-state index contributed by atoms with van der Waals surface area (Å²) in [7, 11) is 0. The van der Waals surface area contributed by atoms with E-state index in [1.54, 1.807) is 62.4 Å². The van der Waals surface area contributed by atoms with Crippen molar-refractivity contribution in [1.29, 1.82) is 0 Å². The average Bonchev–Trinajstić information content (AvgIpc) is 2.83. The first-order chi connectivity index (χ1) is 16.7. The Morgan fingerprint density at radius 3 is 2.49 bits per heavy atom. The minimum Gasteiger partial charge on any atom is -0.325 e. The van der Waals surface area contributed by atoms with Gasteiger partial charge in [0, 0.05) is 17.2 Å². The smallest absolute Gasteiger partial charge is 0.278 e. The van der Waals surface area contributed by atoms with Crippen LogP contribution in [0.5, 0.6) is 0 Å². The highest BCUT2D eigenvalue weighted by molar-refractivity contribution is 6.31. The number of amides is 2. The van der Waals surface area contributed by atoms with Crippen LogP contribution in [0.3, 0.4) is 0 Å². The fourth-order valence-electron chi connectivity index (χ4n) is 3.52.